The van der Waals surface area contributed by atoms with Gasteiger partial charge in [0.2, 0.25) is 15.9 Å². The number of hydrogen-bond donors (Lipinski definition) is 1. The molecule has 0 saturated carbocycles. The maximum atomic E-state index is 13.1. The minimum absolute atomic E-state index is 0.0469. The molecule has 0 bridgehead atoms. The van der Waals surface area contributed by atoms with Crippen LogP contribution in [0.4, 0.5) is 5.69 Å². The molecule has 0 spiro atoms. The Kier molecular flexibility index (Phi) is 6.96. The molecule has 1 heterocycles. The van der Waals surface area contributed by atoms with Crippen LogP contribution in [-0.2, 0) is 21.2 Å². The van der Waals surface area contributed by atoms with Gasteiger partial charge in [-0.2, -0.15) is 4.31 Å². The second kappa shape index (κ2) is 9.89. The van der Waals surface area contributed by atoms with E-state index in [9.17, 15) is 13.2 Å². The smallest absolute Gasteiger partial charge is 0.243 e. The number of anilines is 1. The molecule has 1 aliphatic rings. The highest BCUT2D eigenvalue weighted by molar-refractivity contribution is 7.89. The first-order valence-electron chi connectivity index (χ1n) is 11.3. The van der Waals surface area contributed by atoms with E-state index in [1.807, 2.05) is 68.4 Å². The SMILES string of the molecule is Cc1ccc(S(=O)(=O)N2CCC(C(=O)Nc3ccc(Cc4ccccc4)cc3)CC2)c(C)c1. The van der Waals surface area contributed by atoms with E-state index < -0.39 is 10.0 Å². The third-order valence-electron chi connectivity index (χ3n) is 6.25. The lowest BCUT2D eigenvalue weighted by atomic mass is 9.97. The van der Waals surface area contributed by atoms with Gasteiger partial charge in [0, 0.05) is 24.7 Å². The summed E-state index contributed by atoms with van der Waals surface area (Å²) < 4.78 is 27.7. The van der Waals surface area contributed by atoms with E-state index in [-0.39, 0.29) is 11.8 Å². The van der Waals surface area contributed by atoms with Crippen molar-refractivity contribution in [3.63, 3.8) is 0 Å². The fourth-order valence-corrected chi connectivity index (χ4v) is 6.04. The molecule has 1 aliphatic heterocycles. The Bertz CT molecular complexity index is 1210. The quantitative estimate of drug-likeness (QED) is 0.565. The van der Waals surface area contributed by atoms with Crippen LogP contribution in [0, 0.1) is 19.8 Å². The van der Waals surface area contributed by atoms with Gasteiger partial charge in [-0.05, 0) is 68.0 Å². The molecule has 5 nitrogen and oxygen atoms in total. The number of nitrogens with zero attached hydrogens (tertiary/aromatic N) is 1. The molecule has 4 rings (SSSR count). The predicted octanol–water partition coefficient (Wildman–Crippen LogP) is 4.93. The molecule has 172 valence electrons. The molecule has 0 aromatic heterocycles. The Hall–Kier alpha value is -2.96. The zero-order chi connectivity index (χ0) is 23.4. The van der Waals surface area contributed by atoms with E-state index in [4.69, 9.17) is 0 Å². The van der Waals surface area contributed by atoms with E-state index in [1.54, 1.807) is 6.07 Å². The van der Waals surface area contributed by atoms with Gasteiger partial charge in [-0.15, -0.1) is 0 Å². The van der Waals surface area contributed by atoms with Gasteiger partial charge >= 0.3 is 0 Å². The Morgan fingerprint density at radius 1 is 0.909 bits per heavy atom. The molecular formula is C27H30N2O3S. The summed E-state index contributed by atoms with van der Waals surface area (Å²) in [5, 5.41) is 3.00. The number of rotatable bonds is 6. The Morgan fingerprint density at radius 2 is 1.55 bits per heavy atom. The van der Waals surface area contributed by atoms with Crippen molar-refractivity contribution in [2.45, 2.75) is 38.0 Å². The maximum Gasteiger partial charge on any atom is 0.243 e. The number of aryl methyl sites for hydroxylation is 2. The summed E-state index contributed by atoms with van der Waals surface area (Å²) in [6.07, 6.45) is 1.88. The van der Waals surface area contributed by atoms with Crippen molar-refractivity contribution in [3.05, 3.63) is 95.1 Å². The highest BCUT2D eigenvalue weighted by atomic mass is 32.2. The molecule has 3 aromatic carbocycles. The van der Waals surface area contributed by atoms with Crippen LogP contribution in [0.1, 0.15) is 35.1 Å². The third-order valence-corrected chi connectivity index (χ3v) is 8.30. The summed E-state index contributed by atoms with van der Waals surface area (Å²) in [6.45, 7) is 4.48. The fraction of sp³-hybridized carbons (Fsp3) is 0.296. The van der Waals surface area contributed by atoms with Crippen molar-refractivity contribution in [2.24, 2.45) is 5.92 Å². The van der Waals surface area contributed by atoms with Crippen molar-refractivity contribution < 1.29 is 13.2 Å². The van der Waals surface area contributed by atoms with E-state index >= 15 is 0 Å². The average Bonchev–Trinajstić information content (AvgIpc) is 2.81. The lowest BCUT2D eigenvalue weighted by Crippen LogP contribution is -2.41. The molecule has 1 fully saturated rings. The lowest BCUT2D eigenvalue weighted by molar-refractivity contribution is -0.120. The van der Waals surface area contributed by atoms with Crippen molar-refractivity contribution in [1.29, 1.82) is 0 Å². The minimum atomic E-state index is -3.55. The van der Waals surface area contributed by atoms with Gasteiger partial charge in [0.15, 0.2) is 0 Å². The van der Waals surface area contributed by atoms with Crippen LogP contribution in [0.3, 0.4) is 0 Å². The monoisotopic (exact) mass is 462 g/mol. The van der Waals surface area contributed by atoms with Crippen molar-refractivity contribution in [3.8, 4) is 0 Å². The molecule has 0 radical (unpaired) electrons. The Morgan fingerprint density at radius 3 is 2.18 bits per heavy atom. The van der Waals surface area contributed by atoms with Crippen LogP contribution in [-0.4, -0.2) is 31.7 Å². The molecule has 0 aliphatic carbocycles. The highest BCUT2D eigenvalue weighted by Crippen LogP contribution is 2.27. The Labute approximate surface area is 196 Å². The van der Waals surface area contributed by atoms with Crippen LogP contribution in [0.5, 0.6) is 0 Å². The molecule has 6 heteroatoms. The topological polar surface area (TPSA) is 66.5 Å². The summed E-state index contributed by atoms with van der Waals surface area (Å²) in [7, 11) is -3.55. The number of carbonyl (C=O) groups excluding carboxylic acids is 1. The van der Waals surface area contributed by atoms with Gasteiger partial charge in [0.05, 0.1) is 4.90 Å². The molecular weight excluding hydrogens is 432 g/mol. The van der Waals surface area contributed by atoms with Crippen LogP contribution >= 0.6 is 0 Å². The second-order valence-electron chi connectivity index (χ2n) is 8.80. The van der Waals surface area contributed by atoms with Gasteiger partial charge in [-0.3, -0.25) is 4.79 Å². The normalized spacial score (nSPS) is 15.3. The zero-order valence-corrected chi connectivity index (χ0v) is 19.9. The van der Waals surface area contributed by atoms with Crippen LogP contribution < -0.4 is 5.32 Å². The number of sulfonamides is 1. The molecule has 1 amide bonds. The summed E-state index contributed by atoms with van der Waals surface area (Å²) in [4.78, 5) is 13.1. The molecule has 0 unspecified atom stereocenters. The van der Waals surface area contributed by atoms with E-state index in [1.165, 1.54) is 15.4 Å². The summed E-state index contributed by atoms with van der Waals surface area (Å²) in [5.41, 5.74) is 4.99. The summed E-state index contributed by atoms with van der Waals surface area (Å²) in [6, 6.07) is 23.6. The van der Waals surface area contributed by atoms with E-state index in [2.05, 4.69) is 17.4 Å². The molecule has 33 heavy (non-hydrogen) atoms. The number of benzene rings is 3. The van der Waals surface area contributed by atoms with Crippen molar-refractivity contribution in [1.82, 2.24) is 4.31 Å². The van der Waals surface area contributed by atoms with Crippen LogP contribution in [0.25, 0.3) is 0 Å². The van der Waals surface area contributed by atoms with Crippen molar-refractivity contribution in [2.75, 3.05) is 18.4 Å². The largest absolute Gasteiger partial charge is 0.326 e. The first kappa shape index (κ1) is 23.2. The number of carbonyl (C=O) groups is 1. The molecule has 3 aromatic rings. The van der Waals surface area contributed by atoms with Gasteiger partial charge in [-0.25, -0.2) is 8.42 Å². The first-order chi connectivity index (χ1) is 15.8. The highest BCUT2D eigenvalue weighted by Gasteiger charge is 2.32. The second-order valence-corrected chi connectivity index (χ2v) is 10.7. The maximum absolute atomic E-state index is 13.1. The van der Waals surface area contributed by atoms with Crippen LogP contribution in [0.2, 0.25) is 0 Å². The number of amides is 1. The molecule has 1 saturated heterocycles. The first-order valence-corrected chi connectivity index (χ1v) is 12.8. The number of hydrogen-bond acceptors (Lipinski definition) is 3. The third kappa shape index (κ3) is 5.52. The standard InChI is InChI=1S/C27H30N2O3S/c1-20-8-13-26(21(2)18-20)33(31,32)29-16-14-24(15-17-29)27(30)28-25-11-9-23(10-12-25)19-22-6-4-3-5-7-22/h3-13,18,24H,14-17,19H2,1-2H3,(H,28,30). The minimum Gasteiger partial charge on any atom is -0.326 e. The van der Waals surface area contributed by atoms with Gasteiger partial charge in [-0.1, -0.05) is 60.2 Å². The van der Waals surface area contributed by atoms with Gasteiger partial charge in [0.25, 0.3) is 0 Å². The average molecular weight is 463 g/mol. The number of nitrogens with one attached hydrogen (secondary N) is 1. The molecule has 0 atom stereocenters. The summed E-state index contributed by atoms with van der Waals surface area (Å²) in [5.74, 6) is -0.242. The summed E-state index contributed by atoms with van der Waals surface area (Å²) >= 11 is 0. The van der Waals surface area contributed by atoms with Crippen LogP contribution in [0.15, 0.2) is 77.7 Å². The Balaban J connectivity index is 1.33. The van der Waals surface area contributed by atoms with E-state index in [0.29, 0.717) is 30.8 Å². The van der Waals surface area contributed by atoms with E-state index in [0.717, 1.165) is 23.2 Å². The lowest BCUT2D eigenvalue weighted by Gasteiger charge is -2.31. The van der Waals surface area contributed by atoms with Gasteiger partial charge < -0.3 is 5.32 Å². The molecule has 1 N–H and O–H groups in total. The fourth-order valence-electron chi connectivity index (χ4n) is 4.37. The predicted molar refractivity (Wildman–Crippen MR) is 132 cm³/mol. The number of piperidine rings is 1. The van der Waals surface area contributed by atoms with Gasteiger partial charge in [0.1, 0.15) is 0 Å². The van der Waals surface area contributed by atoms with Crippen molar-refractivity contribution >= 4 is 21.6 Å². The zero-order valence-electron chi connectivity index (χ0n) is 19.1.